The Hall–Kier alpha value is -3.55. The van der Waals surface area contributed by atoms with Crippen molar-refractivity contribution in [2.75, 3.05) is 6.54 Å². The molecule has 1 N–H and O–H groups in total. The Kier molecular flexibility index (Phi) is 4.84. The van der Waals surface area contributed by atoms with Crippen molar-refractivity contribution in [2.45, 2.75) is 25.4 Å². The monoisotopic (exact) mass is 377 g/mol. The number of aromatic nitrogens is 4. The van der Waals surface area contributed by atoms with Crippen LogP contribution in [0, 0.1) is 0 Å². The number of benzene rings is 1. The Morgan fingerprint density at radius 1 is 1.18 bits per heavy atom. The first kappa shape index (κ1) is 17.8. The maximum atomic E-state index is 12.5. The molecule has 8 nitrogen and oxygen atoms in total. The first-order chi connectivity index (χ1) is 13.6. The molecule has 4 rings (SSSR count). The van der Waals surface area contributed by atoms with Crippen LogP contribution in [-0.2, 0) is 22.7 Å². The maximum absolute atomic E-state index is 12.5. The number of pyridine rings is 1. The van der Waals surface area contributed by atoms with Gasteiger partial charge in [0, 0.05) is 43.4 Å². The van der Waals surface area contributed by atoms with Crippen molar-refractivity contribution in [3.8, 4) is 11.4 Å². The highest BCUT2D eigenvalue weighted by atomic mass is 16.4. The van der Waals surface area contributed by atoms with Gasteiger partial charge in [-0.1, -0.05) is 36.4 Å². The summed E-state index contributed by atoms with van der Waals surface area (Å²) in [5.41, 5.74) is 1.76. The molecule has 0 aliphatic carbocycles. The van der Waals surface area contributed by atoms with Crippen LogP contribution in [0.4, 0.5) is 0 Å². The van der Waals surface area contributed by atoms with Gasteiger partial charge in [0.05, 0.1) is 0 Å². The van der Waals surface area contributed by atoms with Crippen LogP contribution in [0.25, 0.3) is 11.4 Å². The van der Waals surface area contributed by atoms with Crippen LogP contribution in [0.5, 0.6) is 0 Å². The van der Waals surface area contributed by atoms with Crippen LogP contribution in [0.1, 0.15) is 23.7 Å². The number of carbonyl (C=O) groups excluding carboxylic acids is 1. The fourth-order valence-corrected chi connectivity index (χ4v) is 3.42. The number of amides is 1. The van der Waals surface area contributed by atoms with Crippen molar-refractivity contribution in [1.29, 1.82) is 0 Å². The molecule has 1 aliphatic rings. The van der Waals surface area contributed by atoms with Crippen molar-refractivity contribution < 1.29 is 14.7 Å². The third-order valence-electron chi connectivity index (χ3n) is 4.69. The number of carboxylic acid groups (broad SMARTS) is 1. The van der Waals surface area contributed by atoms with E-state index in [1.165, 1.54) is 4.68 Å². The molecule has 1 fully saturated rings. The summed E-state index contributed by atoms with van der Waals surface area (Å²) in [6.45, 7) is 0.657. The molecule has 8 heteroatoms. The number of nitrogens with zero attached hydrogens (tertiary/aromatic N) is 5. The second kappa shape index (κ2) is 7.59. The molecule has 1 aromatic carbocycles. The lowest BCUT2D eigenvalue weighted by Crippen LogP contribution is -2.25. The number of rotatable bonds is 6. The van der Waals surface area contributed by atoms with Gasteiger partial charge in [-0.05, 0) is 11.6 Å². The SMILES string of the molecule is O=C(O)Cn1nc(-c2ccccc2)nc1[C@@H]1CC(=O)N(Cc2cccnc2)C1. The standard InChI is InChI=1S/C20H19N5O3/c26-17-9-16(12-24(17)11-14-5-4-8-21-10-14)20-22-19(15-6-2-1-3-7-15)23-25(20)13-18(27)28/h1-8,10,16H,9,11-13H2,(H,27,28)/t16-/m1/s1. The molecule has 1 aliphatic heterocycles. The highest BCUT2D eigenvalue weighted by molar-refractivity contribution is 5.79. The topological polar surface area (TPSA) is 101 Å². The molecule has 1 atom stereocenters. The maximum Gasteiger partial charge on any atom is 0.325 e. The normalized spacial score (nSPS) is 16.5. The summed E-state index contributed by atoms with van der Waals surface area (Å²) in [4.78, 5) is 34.2. The average Bonchev–Trinajstić information content (AvgIpc) is 3.27. The van der Waals surface area contributed by atoms with Gasteiger partial charge in [-0.15, -0.1) is 0 Å². The zero-order valence-corrected chi connectivity index (χ0v) is 15.1. The fraction of sp³-hybridized carbons (Fsp3) is 0.250. The summed E-state index contributed by atoms with van der Waals surface area (Å²) in [5, 5.41) is 13.6. The van der Waals surface area contributed by atoms with Gasteiger partial charge in [0.1, 0.15) is 12.4 Å². The number of carboxylic acids is 1. The van der Waals surface area contributed by atoms with Crippen molar-refractivity contribution in [3.05, 3.63) is 66.2 Å². The molecule has 142 valence electrons. The number of hydrogen-bond acceptors (Lipinski definition) is 5. The van der Waals surface area contributed by atoms with Crippen LogP contribution in [-0.4, -0.2) is 48.2 Å². The summed E-state index contributed by atoms with van der Waals surface area (Å²) in [6, 6.07) is 13.2. The molecule has 0 bridgehead atoms. The molecule has 0 unspecified atom stereocenters. The summed E-state index contributed by atoms with van der Waals surface area (Å²) < 4.78 is 1.40. The van der Waals surface area contributed by atoms with Crippen molar-refractivity contribution in [3.63, 3.8) is 0 Å². The average molecular weight is 377 g/mol. The Balaban J connectivity index is 1.60. The summed E-state index contributed by atoms with van der Waals surface area (Å²) in [6.07, 6.45) is 3.71. The molecule has 1 amide bonds. The van der Waals surface area contributed by atoms with Gasteiger partial charge in [-0.2, -0.15) is 5.10 Å². The number of hydrogen-bond donors (Lipinski definition) is 1. The van der Waals surface area contributed by atoms with Gasteiger partial charge in [0.25, 0.3) is 0 Å². The largest absolute Gasteiger partial charge is 0.480 e. The highest BCUT2D eigenvalue weighted by Gasteiger charge is 2.34. The molecular weight excluding hydrogens is 358 g/mol. The van der Waals surface area contributed by atoms with Crippen molar-refractivity contribution >= 4 is 11.9 Å². The van der Waals surface area contributed by atoms with E-state index in [2.05, 4.69) is 15.1 Å². The van der Waals surface area contributed by atoms with Crippen LogP contribution >= 0.6 is 0 Å². The van der Waals surface area contributed by atoms with E-state index in [4.69, 9.17) is 0 Å². The van der Waals surface area contributed by atoms with E-state index in [-0.39, 0.29) is 24.8 Å². The molecule has 2 aromatic heterocycles. The van der Waals surface area contributed by atoms with E-state index in [0.29, 0.717) is 24.7 Å². The van der Waals surface area contributed by atoms with E-state index in [1.807, 2.05) is 42.5 Å². The molecule has 1 saturated heterocycles. The Morgan fingerprint density at radius 3 is 2.71 bits per heavy atom. The molecule has 0 spiro atoms. The van der Waals surface area contributed by atoms with Gasteiger partial charge >= 0.3 is 5.97 Å². The number of aliphatic carboxylic acids is 1. The molecule has 28 heavy (non-hydrogen) atoms. The molecule has 3 heterocycles. The van der Waals surface area contributed by atoms with Crippen LogP contribution in [0.3, 0.4) is 0 Å². The number of likely N-dealkylation sites (tertiary alicyclic amines) is 1. The zero-order valence-electron chi connectivity index (χ0n) is 15.1. The van der Waals surface area contributed by atoms with Gasteiger partial charge in [-0.25, -0.2) is 9.67 Å². The minimum atomic E-state index is -0.998. The second-order valence-corrected chi connectivity index (χ2v) is 6.75. The molecule has 0 saturated carbocycles. The summed E-state index contributed by atoms with van der Waals surface area (Å²) >= 11 is 0. The third-order valence-corrected chi connectivity index (χ3v) is 4.69. The van der Waals surface area contributed by atoms with Crippen LogP contribution in [0.2, 0.25) is 0 Å². The van der Waals surface area contributed by atoms with E-state index in [0.717, 1.165) is 11.1 Å². The molecule has 0 radical (unpaired) electrons. The van der Waals surface area contributed by atoms with Gasteiger partial charge in [0.2, 0.25) is 5.91 Å². The lowest BCUT2D eigenvalue weighted by Gasteiger charge is -2.16. The Morgan fingerprint density at radius 2 is 2.00 bits per heavy atom. The lowest BCUT2D eigenvalue weighted by molar-refractivity contribution is -0.138. The van der Waals surface area contributed by atoms with Crippen molar-refractivity contribution in [1.82, 2.24) is 24.6 Å². The first-order valence-corrected chi connectivity index (χ1v) is 8.99. The summed E-state index contributed by atoms with van der Waals surface area (Å²) in [7, 11) is 0. The van der Waals surface area contributed by atoms with Crippen LogP contribution in [0.15, 0.2) is 54.9 Å². The minimum Gasteiger partial charge on any atom is -0.480 e. The lowest BCUT2D eigenvalue weighted by atomic mass is 10.1. The van der Waals surface area contributed by atoms with E-state index in [9.17, 15) is 14.7 Å². The zero-order chi connectivity index (χ0) is 19.5. The molecule has 3 aromatic rings. The first-order valence-electron chi connectivity index (χ1n) is 8.99. The predicted octanol–water partition coefficient (Wildman–Crippen LogP) is 1.94. The van der Waals surface area contributed by atoms with Crippen LogP contribution < -0.4 is 0 Å². The predicted molar refractivity (Wildman–Crippen MR) is 100 cm³/mol. The van der Waals surface area contributed by atoms with Gasteiger partial charge in [0.15, 0.2) is 5.82 Å². The second-order valence-electron chi connectivity index (χ2n) is 6.75. The van der Waals surface area contributed by atoms with E-state index >= 15 is 0 Å². The smallest absolute Gasteiger partial charge is 0.325 e. The quantitative estimate of drug-likeness (QED) is 0.704. The highest BCUT2D eigenvalue weighted by Crippen LogP contribution is 2.29. The number of carbonyl (C=O) groups is 2. The third kappa shape index (κ3) is 3.75. The van der Waals surface area contributed by atoms with E-state index < -0.39 is 5.97 Å². The molecular formula is C20H19N5O3. The van der Waals surface area contributed by atoms with Gasteiger partial charge < -0.3 is 10.0 Å². The van der Waals surface area contributed by atoms with Gasteiger partial charge in [-0.3, -0.25) is 14.6 Å². The van der Waals surface area contributed by atoms with E-state index in [1.54, 1.807) is 17.3 Å². The minimum absolute atomic E-state index is 0.0139. The Bertz CT molecular complexity index is 988. The fourth-order valence-electron chi connectivity index (χ4n) is 3.42. The van der Waals surface area contributed by atoms with Crippen molar-refractivity contribution in [2.24, 2.45) is 0 Å². The Labute approximate surface area is 161 Å². The summed E-state index contributed by atoms with van der Waals surface area (Å²) in [5.74, 6) is -0.186.